The molecule has 0 saturated carbocycles. The Kier molecular flexibility index (Phi) is 7.28. The Morgan fingerprint density at radius 1 is 1.29 bits per heavy atom. The van der Waals surface area contributed by atoms with Gasteiger partial charge >= 0.3 is 0 Å². The number of furan rings is 1. The van der Waals surface area contributed by atoms with E-state index in [1.165, 1.54) is 0 Å². The average molecular weight is 386 g/mol. The number of aromatic nitrogens is 2. The van der Waals surface area contributed by atoms with E-state index in [9.17, 15) is 4.79 Å². The average Bonchev–Trinajstić information content (AvgIpc) is 3.15. The minimum Gasteiger partial charge on any atom is -0.465 e. The summed E-state index contributed by atoms with van der Waals surface area (Å²) in [6.45, 7) is 7.37. The second kappa shape index (κ2) is 10.1. The molecule has 0 aromatic carbocycles. The molecule has 7 heteroatoms. The van der Waals surface area contributed by atoms with Crippen molar-refractivity contribution in [1.29, 1.82) is 0 Å². The zero-order valence-electron chi connectivity index (χ0n) is 16.9. The van der Waals surface area contributed by atoms with E-state index in [-0.39, 0.29) is 5.91 Å². The summed E-state index contributed by atoms with van der Waals surface area (Å²) < 4.78 is 5.48. The van der Waals surface area contributed by atoms with Gasteiger partial charge in [0.1, 0.15) is 29.5 Å². The molecule has 7 nitrogen and oxygen atoms in total. The van der Waals surface area contributed by atoms with Crippen molar-refractivity contribution >= 4 is 17.5 Å². The molecule has 1 aliphatic heterocycles. The van der Waals surface area contributed by atoms with Crippen molar-refractivity contribution in [3.05, 3.63) is 36.0 Å². The van der Waals surface area contributed by atoms with Crippen LogP contribution in [0.15, 0.2) is 28.9 Å². The molecule has 2 aromatic heterocycles. The summed E-state index contributed by atoms with van der Waals surface area (Å²) in [6, 6.07) is 5.84. The van der Waals surface area contributed by atoms with Gasteiger partial charge in [-0.25, -0.2) is 9.97 Å². The summed E-state index contributed by atoms with van der Waals surface area (Å²) in [5, 5.41) is 6.25. The van der Waals surface area contributed by atoms with Gasteiger partial charge < -0.3 is 20.0 Å². The van der Waals surface area contributed by atoms with Crippen molar-refractivity contribution < 1.29 is 9.21 Å². The highest BCUT2D eigenvalue weighted by Gasteiger charge is 2.21. The molecule has 28 heavy (non-hydrogen) atoms. The highest BCUT2D eigenvalue weighted by atomic mass is 16.3. The van der Waals surface area contributed by atoms with Gasteiger partial charge in [0.2, 0.25) is 5.91 Å². The topological polar surface area (TPSA) is 83.3 Å². The van der Waals surface area contributed by atoms with E-state index in [0.29, 0.717) is 18.9 Å². The largest absolute Gasteiger partial charge is 0.465 e. The number of carbonyl (C=O) groups is 1. The van der Waals surface area contributed by atoms with Gasteiger partial charge in [0.15, 0.2) is 0 Å². The maximum Gasteiger partial charge on any atom is 0.220 e. The first kappa shape index (κ1) is 20.2. The molecule has 1 saturated heterocycles. The number of nitrogens with one attached hydrogen (secondary N) is 2. The maximum absolute atomic E-state index is 12.1. The lowest BCUT2D eigenvalue weighted by Gasteiger charge is -2.32. The Morgan fingerprint density at radius 3 is 2.82 bits per heavy atom. The predicted octanol–water partition coefficient (Wildman–Crippen LogP) is 3.51. The van der Waals surface area contributed by atoms with Gasteiger partial charge in [-0.05, 0) is 50.7 Å². The van der Waals surface area contributed by atoms with Crippen LogP contribution in [-0.4, -0.2) is 35.5 Å². The molecule has 1 fully saturated rings. The molecule has 3 heterocycles. The molecular weight excluding hydrogens is 354 g/mol. The van der Waals surface area contributed by atoms with Crippen molar-refractivity contribution in [3.63, 3.8) is 0 Å². The van der Waals surface area contributed by atoms with Crippen LogP contribution in [0.1, 0.15) is 50.5 Å². The van der Waals surface area contributed by atoms with Crippen LogP contribution < -0.4 is 15.5 Å². The first-order chi connectivity index (χ1) is 13.6. The summed E-state index contributed by atoms with van der Waals surface area (Å²) in [4.78, 5) is 23.1. The normalized spacial score (nSPS) is 14.9. The first-order valence-electron chi connectivity index (χ1n) is 10.3. The van der Waals surface area contributed by atoms with Gasteiger partial charge in [-0.1, -0.05) is 6.92 Å². The monoisotopic (exact) mass is 385 g/mol. The first-order valence-corrected chi connectivity index (χ1v) is 10.3. The Labute approximate surface area is 166 Å². The van der Waals surface area contributed by atoms with Crippen LogP contribution in [-0.2, 0) is 11.3 Å². The minimum absolute atomic E-state index is 0.0962. The second-order valence-electron chi connectivity index (χ2n) is 7.45. The number of nitrogens with zero attached hydrogens (tertiary/aromatic N) is 3. The summed E-state index contributed by atoms with van der Waals surface area (Å²) in [6.07, 6.45) is 6.38. The lowest BCUT2D eigenvalue weighted by atomic mass is 9.92. The van der Waals surface area contributed by atoms with Crippen LogP contribution >= 0.6 is 0 Å². The van der Waals surface area contributed by atoms with Crippen molar-refractivity contribution in [3.8, 4) is 0 Å². The number of anilines is 2. The highest BCUT2D eigenvalue weighted by molar-refractivity contribution is 5.75. The summed E-state index contributed by atoms with van der Waals surface area (Å²) in [7, 11) is 0. The Morgan fingerprint density at radius 2 is 2.11 bits per heavy atom. The lowest BCUT2D eigenvalue weighted by molar-refractivity contribution is -0.121. The number of hydrogen-bond acceptors (Lipinski definition) is 6. The zero-order valence-corrected chi connectivity index (χ0v) is 16.9. The molecule has 1 aliphatic rings. The van der Waals surface area contributed by atoms with Gasteiger partial charge in [-0.15, -0.1) is 0 Å². The smallest absolute Gasteiger partial charge is 0.220 e. The van der Waals surface area contributed by atoms with Crippen molar-refractivity contribution in [1.82, 2.24) is 15.3 Å². The zero-order chi connectivity index (χ0) is 19.8. The van der Waals surface area contributed by atoms with E-state index in [4.69, 9.17) is 4.42 Å². The van der Waals surface area contributed by atoms with Gasteiger partial charge in [0, 0.05) is 32.1 Å². The predicted molar refractivity (Wildman–Crippen MR) is 110 cm³/mol. The van der Waals surface area contributed by atoms with E-state index in [2.05, 4.69) is 32.4 Å². The maximum atomic E-state index is 12.1. The van der Waals surface area contributed by atoms with E-state index < -0.39 is 0 Å². The molecule has 2 aromatic rings. The number of aryl methyl sites for hydroxylation is 1. The quantitative estimate of drug-likeness (QED) is 0.687. The summed E-state index contributed by atoms with van der Waals surface area (Å²) >= 11 is 0. The number of amides is 1. The Hall–Kier alpha value is -2.57. The van der Waals surface area contributed by atoms with Crippen LogP contribution in [0.2, 0.25) is 0 Å². The number of hydrogen-bond donors (Lipinski definition) is 2. The van der Waals surface area contributed by atoms with Crippen molar-refractivity contribution in [2.45, 2.75) is 52.5 Å². The fourth-order valence-corrected chi connectivity index (χ4v) is 3.51. The minimum atomic E-state index is 0.0962. The Balaban J connectivity index is 1.37. The van der Waals surface area contributed by atoms with Crippen LogP contribution in [0.3, 0.4) is 0 Å². The standard InChI is InChI=1S/C21H31N5O2/c1-3-10-22-19-13-20(25-15-24-19)26-11-8-17(9-12-26)5-7-21(27)23-14-18-6-4-16(2)28-18/h4,6,13,15,17H,3,5,7-12,14H2,1-2H3,(H,23,27)(H,22,24,25). The molecule has 152 valence electrons. The Bertz CT molecular complexity index is 753. The van der Waals surface area contributed by atoms with Gasteiger partial charge in [-0.2, -0.15) is 0 Å². The molecular formula is C21H31N5O2. The van der Waals surface area contributed by atoms with Crippen LogP contribution in [0.5, 0.6) is 0 Å². The molecule has 0 atom stereocenters. The van der Waals surface area contributed by atoms with Gasteiger partial charge in [-0.3, -0.25) is 4.79 Å². The van der Waals surface area contributed by atoms with E-state index in [0.717, 1.165) is 68.5 Å². The summed E-state index contributed by atoms with van der Waals surface area (Å²) in [5.41, 5.74) is 0. The fourth-order valence-electron chi connectivity index (χ4n) is 3.51. The number of piperidine rings is 1. The van der Waals surface area contributed by atoms with Crippen molar-refractivity contribution in [2.75, 3.05) is 29.9 Å². The molecule has 0 unspecified atom stereocenters. The molecule has 0 spiro atoms. The third kappa shape index (κ3) is 5.97. The SMILES string of the molecule is CCCNc1cc(N2CCC(CCC(=O)NCc3ccc(C)o3)CC2)ncn1. The molecule has 1 amide bonds. The molecule has 0 radical (unpaired) electrons. The van der Waals surface area contributed by atoms with Gasteiger partial charge in [0.25, 0.3) is 0 Å². The van der Waals surface area contributed by atoms with Crippen LogP contribution in [0.25, 0.3) is 0 Å². The summed E-state index contributed by atoms with van der Waals surface area (Å²) in [5.74, 6) is 4.23. The van der Waals surface area contributed by atoms with Crippen LogP contribution in [0, 0.1) is 12.8 Å². The third-order valence-electron chi connectivity index (χ3n) is 5.18. The van der Waals surface area contributed by atoms with Crippen LogP contribution in [0.4, 0.5) is 11.6 Å². The van der Waals surface area contributed by atoms with Gasteiger partial charge in [0.05, 0.1) is 6.54 Å². The fraction of sp³-hybridized carbons (Fsp3) is 0.571. The molecule has 0 bridgehead atoms. The van der Waals surface area contributed by atoms with E-state index in [1.54, 1.807) is 6.33 Å². The van der Waals surface area contributed by atoms with Crippen molar-refractivity contribution in [2.24, 2.45) is 5.92 Å². The highest BCUT2D eigenvalue weighted by Crippen LogP contribution is 2.25. The third-order valence-corrected chi connectivity index (χ3v) is 5.18. The second-order valence-corrected chi connectivity index (χ2v) is 7.45. The van der Waals surface area contributed by atoms with E-state index >= 15 is 0 Å². The number of rotatable bonds is 9. The molecule has 0 aliphatic carbocycles. The van der Waals surface area contributed by atoms with E-state index in [1.807, 2.05) is 25.1 Å². The molecule has 3 rings (SSSR count). The lowest BCUT2D eigenvalue weighted by Crippen LogP contribution is -2.34. The molecule has 2 N–H and O–H groups in total. The number of carbonyl (C=O) groups excluding carboxylic acids is 1.